The van der Waals surface area contributed by atoms with Crippen molar-refractivity contribution in [3.8, 4) is 0 Å². The maximum Gasteiger partial charge on any atom is 0.163 e. The van der Waals surface area contributed by atoms with Gasteiger partial charge in [0, 0.05) is 12.1 Å². The summed E-state index contributed by atoms with van der Waals surface area (Å²) in [6.07, 6.45) is 6.10. The van der Waals surface area contributed by atoms with E-state index in [0.717, 1.165) is 30.3 Å². The van der Waals surface area contributed by atoms with Gasteiger partial charge >= 0.3 is 0 Å². The Kier molecular flexibility index (Phi) is 2.79. The van der Waals surface area contributed by atoms with E-state index in [1.54, 1.807) is 0 Å². The second kappa shape index (κ2) is 4.66. The van der Waals surface area contributed by atoms with Crippen LogP contribution in [0, 0.1) is 17.3 Å². The van der Waals surface area contributed by atoms with Crippen LogP contribution in [0.25, 0.3) is 11.0 Å². The molecule has 3 heterocycles. The molecule has 0 N–H and O–H groups in total. The third-order valence-corrected chi connectivity index (χ3v) is 6.93. The first-order valence-corrected chi connectivity index (χ1v) is 9.67. The lowest BCUT2D eigenvalue weighted by molar-refractivity contribution is -0.164. The predicted molar refractivity (Wildman–Crippen MR) is 93.7 cm³/mol. The molecule has 0 radical (unpaired) electrons. The predicted octanol–water partition coefficient (Wildman–Crippen LogP) is 3.14. The van der Waals surface area contributed by atoms with Gasteiger partial charge in [0.2, 0.25) is 0 Å². The van der Waals surface area contributed by atoms with Gasteiger partial charge in [0.15, 0.2) is 5.79 Å². The van der Waals surface area contributed by atoms with E-state index in [9.17, 15) is 4.79 Å². The topological polar surface area (TPSA) is 66.2 Å². The molecule has 0 aromatic carbocycles. The quantitative estimate of drug-likeness (QED) is 0.773. The first-order chi connectivity index (χ1) is 12.4. The molecule has 0 spiro atoms. The monoisotopic (exact) mass is 373 g/mol. The van der Waals surface area contributed by atoms with Gasteiger partial charge in [-0.05, 0) is 45.1 Å². The van der Waals surface area contributed by atoms with Gasteiger partial charge in [0.05, 0.1) is 16.8 Å². The van der Waals surface area contributed by atoms with Gasteiger partial charge in [-0.25, -0.2) is 9.97 Å². The average Bonchev–Trinajstić information content (AvgIpc) is 3.47. The summed E-state index contributed by atoms with van der Waals surface area (Å²) in [6.45, 7) is 3.86. The van der Waals surface area contributed by atoms with Crippen molar-refractivity contribution in [1.82, 2.24) is 14.5 Å². The Balaban J connectivity index is 1.48. The van der Waals surface area contributed by atoms with Crippen molar-refractivity contribution in [2.24, 2.45) is 17.3 Å². The van der Waals surface area contributed by atoms with Gasteiger partial charge in [0.25, 0.3) is 0 Å². The summed E-state index contributed by atoms with van der Waals surface area (Å²) < 4.78 is 14.7. The van der Waals surface area contributed by atoms with Crippen molar-refractivity contribution < 1.29 is 14.3 Å². The van der Waals surface area contributed by atoms with Crippen LogP contribution < -0.4 is 0 Å². The second-order valence-electron chi connectivity index (χ2n) is 8.63. The Hall–Kier alpha value is -1.50. The highest BCUT2D eigenvalue weighted by Gasteiger charge is 2.79. The van der Waals surface area contributed by atoms with Gasteiger partial charge in [-0.15, -0.1) is 0 Å². The van der Waals surface area contributed by atoms with Crippen LogP contribution in [0.1, 0.15) is 39.2 Å². The molecule has 5 atom stereocenters. The molecule has 4 fully saturated rings. The minimum Gasteiger partial charge on any atom is -0.343 e. The molecule has 1 saturated heterocycles. The maximum absolute atomic E-state index is 13.2. The molecule has 136 valence electrons. The van der Waals surface area contributed by atoms with Crippen molar-refractivity contribution in [3.63, 3.8) is 0 Å². The Morgan fingerprint density at radius 2 is 2.12 bits per heavy atom. The fraction of sp³-hybridized carbons (Fsp3) is 0.632. The van der Waals surface area contributed by atoms with Crippen LogP contribution in [-0.2, 0) is 14.3 Å². The van der Waals surface area contributed by atoms with E-state index in [1.807, 2.05) is 26.1 Å². The van der Waals surface area contributed by atoms with E-state index in [1.165, 1.54) is 6.33 Å². The van der Waals surface area contributed by atoms with Crippen LogP contribution in [0.3, 0.4) is 0 Å². The SMILES string of the molecule is CC1(C)O[C@H]2[C@H](n3ccc4c(Cl)ncnc43)[C@H]3C[C@]3(C(=O)C3CC3)[C@H]2O1. The molecule has 6 rings (SSSR count). The highest BCUT2D eigenvalue weighted by Crippen LogP contribution is 2.73. The first-order valence-electron chi connectivity index (χ1n) is 9.29. The van der Waals surface area contributed by atoms with E-state index < -0.39 is 5.79 Å². The molecule has 3 saturated carbocycles. The van der Waals surface area contributed by atoms with E-state index in [4.69, 9.17) is 21.1 Å². The average molecular weight is 374 g/mol. The van der Waals surface area contributed by atoms with Gasteiger partial charge in [0.1, 0.15) is 35.1 Å². The van der Waals surface area contributed by atoms with Crippen molar-refractivity contribution >= 4 is 28.4 Å². The summed E-state index contributed by atoms with van der Waals surface area (Å²) in [7, 11) is 0. The highest BCUT2D eigenvalue weighted by molar-refractivity contribution is 6.33. The molecule has 3 aliphatic carbocycles. The number of nitrogens with zero attached hydrogens (tertiary/aromatic N) is 3. The van der Waals surface area contributed by atoms with Crippen molar-refractivity contribution in [2.75, 3.05) is 0 Å². The second-order valence-corrected chi connectivity index (χ2v) is 8.98. The molecule has 2 aromatic rings. The molecular formula is C19H20ClN3O3. The summed E-state index contributed by atoms with van der Waals surface area (Å²) >= 11 is 6.23. The molecule has 0 bridgehead atoms. The third-order valence-electron chi connectivity index (χ3n) is 6.63. The zero-order valence-electron chi connectivity index (χ0n) is 14.7. The summed E-state index contributed by atoms with van der Waals surface area (Å²) in [5, 5.41) is 1.28. The molecule has 1 aliphatic heterocycles. The lowest BCUT2D eigenvalue weighted by atomic mass is 9.91. The van der Waals surface area contributed by atoms with Gasteiger partial charge in [-0.3, -0.25) is 4.79 Å². The van der Waals surface area contributed by atoms with Crippen molar-refractivity contribution in [1.29, 1.82) is 0 Å². The number of aromatic nitrogens is 3. The lowest BCUT2D eigenvalue weighted by Gasteiger charge is -2.24. The fourth-order valence-corrected chi connectivity index (χ4v) is 5.60. The molecule has 2 aromatic heterocycles. The smallest absolute Gasteiger partial charge is 0.163 e. The number of ether oxygens (including phenoxy) is 2. The first kappa shape index (κ1) is 15.5. The van der Waals surface area contributed by atoms with Gasteiger partial charge in [-0.2, -0.15) is 0 Å². The number of hydrogen-bond donors (Lipinski definition) is 0. The Morgan fingerprint density at radius 1 is 1.31 bits per heavy atom. The number of carbonyl (C=O) groups excluding carboxylic acids is 1. The molecule has 0 unspecified atom stereocenters. The third kappa shape index (κ3) is 1.82. The normalized spacial score (nSPS) is 39.8. The van der Waals surface area contributed by atoms with Crippen molar-refractivity contribution in [3.05, 3.63) is 23.7 Å². The zero-order valence-corrected chi connectivity index (χ0v) is 15.4. The lowest BCUT2D eigenvalue weighted by Crippen LogP contribution is -2.36. The van der Waals surface area contributed by atoms with Crippen LogP contribution in [0.4, 0.5) is 0 Å². The summed E-state index contributed by atoms with van der Waals surface area (Å²) in [5.74, 6) is 0.189. The van der Waals surface area contributed by atoms with Gasteiger partial charge < -0.3 is 14.0 Å². The Bertz CT molecular complexity index is 953. The summed E-state index contributed by atoms with van der Waals surface area (Å²) in [4.78, 5) is 21.7. The minimum atomic E-state index is -0.673. The molecule has 0 amide bonds. The fourth-order valence-electron chi connectivity index (χ4n) is 5.41. The standard InChI is InChI=1S/C19H20ClN3O3/c1-18(2)25-13-12(23-6-5-10-16(20)21-8-22-17(10)23)11-7-19(11,15(13)26-18)14(24)9-3-4-9/h5-6,8-9,11-13,15H,3-4,7H2,1-2H3/t11-,12-,13+,15+,19+/m1/s1. The van der Waals surface area contributed by atoms with Crippen LogP contribution in [0.5, 0.6) is 0 Å². The summed E-state index contributed by atoms with van der Waals surface area (Å²) in [5.41, 5.74) is 0.418. The Morgan fingerprint density at radius 3 is 2.88 bits per heavy atom. The largest absolute Gasteiger partial charge is 0.343 e. The molecular weight excluding hydrogens is 354 g/mol. The van der Waals surface area contributed by atoms with Crippen LogP contribution in [0.2, 0.25) is 5.15 Å². The molecule has 26 heavy (non-hydrogen) atoms. The number of fused-ring (bicyclic) bond motifs is 4. The number of carbonyl (C=O) groups is 1. The molecule has 6 nitrogen and oxygen atoms in total. The molecule has 4 aliphatic rings. The van der Waals surface area contributed by atoms with E-state index in [0.29, 0.717) is 10.9 Å². The molecule has 7 heteroatoms. The Labute approximate surface area is 155 Å². The van der Waals surface area contributed by atoms with E-state index in [2.05, 4.69) is 14.5 Å². The van der Waals surface area contributed by atoms with Crippen LogP contribution >= 0.6 is 11.6 Å². The van der Waals surface area contributed by atoms with Gasteiger partial charge in [-0.1, -0.05) is 11.6 Å². The van der Waals surface area contributed by atoms with Crippen LogP contribution in [-0.4, -0.2) is 38.3 Å². The minimum absolute atomic E-state index is 0.0351. The number of ketones is 1. The number of rotatable bonds is 3. The van der Waals surface area contributed by atoms with E-state index >= 15 is 0 Å². The maximum atomic E-state index is 13.2. The number of Topliss-reactive ketones (excluding diaryl/α,β-unsaturated/α-hetero) is 1. The number of halogens is 1. The zero-order chi connectivity index (χ0) is 17.8. The number of hydrogen-bond acceptors (Lipinski definition) is 5. The highest BCUT2D eigenvalue weighted by atomic mass is 35.5. The van der Waals surface area contributed by atoms with E-state index in [-0.39, 0.29) is 35.5 Å². The summed E-state index contributed by atoms with van der Waals surface area (Å²) in [6, 6.07) is 1.98. The van der Waals surface area contributed by atoms with Crippen LogP contribution in [0.15, 0.2) is 18.6 Å². The van der Waals surface area contributed by atoms with Crippen molar-refractivity contribution in [2.45, 2.75) is 57.1 Å².